The van der Waals surface area contributed by atoms with Crippen molar-refractivity contribution in [1.82, 2.24) is 0 Å². The maximum Gasteiger partial charge on any atom is 0.137 e. The van der Waals surface area contributed by atoms with Gasteiger partial charge < -0.3 is 5.73 Å². The van der Waals surface area contributed by atoms with Crippen LogP contribution in [0.25, 0.3) is 44.5 Å². The number of nitriles is 7. The van der Waals surface area contributed by atoms with Crippen LogP contribution in [0.15, 0.2) is 95.1 Å². The maximum absolute atomic E-state index is 10.2. The normalized spacial score (nSPS) is 14.4. The lowest BCUT2D eigenvalue weighted by molar-refractivity contribution is 0.885. The Morgan fingerprint density at radius 1 is 0.558 bits per heavy atom. The zero-order valence-corrected chi connectivity index (χ0v) is 27.8. The molecular formula is C44H24N8. The minimum atomic E-state index is -0.391. The fourth-order valence-electron chi connectivity index (χ4n) is 7.84. The summed E-state index contributed by atoms with van der Waals surface area (Å²) < 4.78 is 0. The van der Waals surface area contributed by atoms with E-state index in [1.165, 1.54) is 0 Å². The highest BCUT2D eigenvalue weighted by Crippen LogP contribution is 2.64. The largest absolute Gasteiger partial charge is 0.330 e. The van der Waals surface area contributed by atoms with Gasteiger partial charge in [0, 0.05) is 17.1 Å². The molecular weight excluding hydrogens is 641 g/mol. The summed E-state index contributed by atoms with van der Waals surface area (Å²) in [5.74, 6) is -0.391. The average Bonchev–Trinajstić information content (AvgIpc) is 3.78. The molecule has 0 heterocycles. The Labute approximate surface area is 300 Å². The van der Waals surface area contributed by atoms with E-state index in [0.29, 0.717) is 46.4 Å². The Morgan fingerprint density at radius 3 is 1.44 bits per heavy atom. The van der Waals surface area contributed by atoms with Crippen molar-refractivity contribution in [2.75, 3.05) is 6.54 Å². The third-order valence-corrected chi connectivity index (χ3v) is 9.88. The molecule has 0 aromatic heterocycles. The Hall–Kier alpha value is -7.77. The monoisotopic (exact) mass is 664 g/mol. The summed E-state index contributed by atoms with van der Waals surface area (Å²) in [5.41, 5.74) is 18.7. The molecule has 240 valence electrons. The second-order valence-corrected chi connectivity index (χ2v) is 12.7. The van der Waals surface area contributed by atoms with Gasteiger partial charge in [0.05, 0.1) is 35.8 Å². The number of benzene rings is 4. The smallest absolute Gasteiger partial charge is 0.137 e. The van der Waals surface area contributed by atoms with Crippen LogP contribution in [0.1, 0.15) is 51.4 Å². The van der Waals surface area contributed by atoms with Crippen LogP contribution < -0.4 is 5.73 Å². The first-order valence-electron chi connectivity index (χ1n) is 16.4. The number of nitrogens with zero attached hydrogens (tertiary/aromatic N) is 7. The number of nitrogens with two attached hydrogens (primary N) is 1. The summed E-state index contributed by atoms with van der Waals surface area (Å²) >= 11 is 0. The van der Waals surface area contributed by atoms with Crippen LogP contribution in [-0.4, -0.2) is 6.54 Å². The summed E-state index contributed by atoms with van der Waals surface area (Å²) in [7, 11) is 0. The minimum Gasteiger partial charge on any atom is -0.330 e. The summed E-state index contributed by atoms with van der Waals surface area (Å²) in [6, 6.07) is 37.6. The van der Waals surface area contributed by atoms with Gasteiger partial charge in [-0.3, -0.25) is 0 Å². The van der Waals surface area contributed by atoms with Gasteiger partial charge in [0.15, 0.2) is 0 Å². The quantitative estimate of drug-likeness (QED) is 0.209. The number of hydrogen-bond donors (Lipinski definition) is 1. The first-order valence-corrected chi connectivity index (χ1v) is 16.4. The van der Waals surface area contributed by atoms with Gasteiger partial charge in [0.2, 0.25) is 0 Å². The van der Waals surface area contributed by atoms with Crippen molar-refractivity contribution in [3.05, 3.63) is 140 Å². The van der Waals surface area contributed by atoms with Crippen molar-refractivity contribution in [3.63, 3.8) is 0 Å². The summed E-state index contributed by atoms with van der Waals surface area (Å²) in [5, 5.41) is 69.6. The average molecular weight is 665 g/mol. The zero-order valence-electron chi connectivity index (χ0n) is 27.8. The van der Waals surface area contributed by atoms with Crippen molar-refractivity contribution in [3.8, 4) is 64.7 Å². The Morgan fingerprint density at radius 2 is 1.02 bits per heavy atom. The highest BCUT2D eigenvalue weighted by atomic mass is 14.5. The second kappa shape index (κ2) is 12.9. The predicted octanol–water partition coefficient (Wildman–Crippen LogP) is 7.82. The molecule has 0 radical (unpaired) electrons. The molecule has 0 bridgehead atoms. The predicted molar refractivity (Wildman–Crippen MR) is 195 cm³/mol. The maximum atomic E-state index is 10.2. The van der Waals surface area contributed by atoms with Crippen molar-refractivity contribution < 1.29 is 0 Å². The van der Waals surface area contributed by atoms with Crippen molar-refractivity contribution >= 4 is 22.3 Å². The lowest BCUT2D eigenvalue weighted by Crippen LogP contribution is -2.04. The fourth-order valence-corrected chi connectivity index (χ4v) is 7.84. The highest BCUT2D eigenvalue weighted by Gasteiger charge is 2.46. The topological polar surface area (TPSA) is 193 Å². The van der Waals surface area contributed by atoms with E-state index < -0.39 is 5.92 Å². The molecule has 0 fully saturated rings. The van der Waals surface area contributed by atoms with Crippen LogP contribution >= 0.6 is 0 Å². The molecule has 1 unspecified atom stereocenters. The van der Waals surface area contributed by atoms with Crippen LogP contribution in [0.3, 0.4) is 0 Å². The highest BCUT2D eigenvalue weighted by molar-refractivity contribution is 6.28. The van der Waals surface area contributed by atoms with E-state index in [-0.39, 0.29) is 17.6 Å². The molecule has 0 amide bonds. The van der Waals surface area contributed by atoms with E-state index >= 15 is 0 Å². The third kappa shape index (κ3) is 4.97. The molecule has 4 aromatic carbocycles. The number of rotatable bonds is 5. The third-order valence-electron chi connectivity index (χ3n) is 9.88. The summed E-state index contributed by atoms with van der Waals surface area (Å²) in [6.45, 7) is 2.40. The van der Waals surface area contributed by atoms with Crippen LogP contribution in [0.4, 0.5) is 0 Å². The van der Waals surface area contributed by atoms with E-state index in [0.717, 1.165) is 66.8 Å². The van der Waals surface area contributed by atoms with Gasteiger partial charge in [-0.25, -0.2) is 0 Å². The Bertz CT molecular complexity index is 2720. The molecule has 0 spiro atoms. The Kier molecular flexibility index (Phi) is 8.14. The molecule has 0 saturated heterocycles. The second-order valence-electron chi connectivity index (χ2n) is 12.7. The number of hydrogen-bond acceptors (Lipinski definition) is 8. The van der Waals surface area contributed by atoms with E-state index in [1.807, 2.05) is 67.6 Å². The van der Waals surface area contributed by atoms with Crippen molar-refractivity contribution in [2.45, 2.75) is 19.8 Å². The van der Waals surface area contributed by atoms with Gasteiger partial charge in [0.25, 0.3) is 0 Å². The number of allylic oxidation sites excluding steroid dienone is 8. The van der Waals surface area contributed by atoms with Crippen LogP contribution in [0.2, 0.25) is 0 Å². The summed E-state index contributed by atoms with van der Waals surface area (Å²) in [4.78, 5) is 0. The Balaban J connectivity index is 1.47. The molecule has 3 aliphatic carbocycles. The molecule has 52 heavy (non-hydrogen) atoms. The standard InChI is InChI=1S/C44H24N8/c1-24-39-41(33(20-49)21-50)37-16-29(31-12-25(6-8-45)10-27(14-31)18-47)2-4-35(37)43(39)44-36-5-3-30(17-38(36)42(40(24)44)34(22-51)23-52)32-13-26(7-9-46)11-28(15-32)19-48/h2-5,10-17,24H,6-8,45H2,1H3. The van der Waals surface area contributed by atoms with Crippen LogP contribution in [0, 0.1) is 85.2 Å². The van der Waals surface area contributed by atoms with Gasteiger partial charge in [-0.15, -0.1) is 0 Å². The zero-order chi connectivity index (χ0) is 36.7. The van der Waals surface area contributed by atoms with Crippen LogP contribution in [-0.2, 0) is 12.8 Å². The molecule has 8 nitrogen and oxygen atoms in total. The van der Waals surface area contributed by atoms with Crippen molar-refractivity contribution in [2.24, 2.45) is 11.7 Å². The molecule has 3 aliphatic rings. The molecule has 7 rings (SSSR count). The van der Waals surface area contributed by atoms with E-state index in [4.69, 9.17) is 5.73 Å². The van der Waals surface area contributed by atoms with Gasteiger partial charge >= 0.3 is 0 Å². The van der Waals surface area contributed by atoms with Crippen molar-refractivity contribution in [1.29, 1.82) is 36.8 Å². The molecule has 8 heteroatoms. The van der Waals surface area contributed by atoms with Gasteiger partial charge in [-0.2, -0.15) is 36.8 Å². The molecule has 2 N–H and O–H groups in total. The molecule has 0 saturated carbocycles. The molecule has 1 atom stereocenters. The first kappa shape index (κ1) is 32.8. The van der Waals surface area contributed by atoms with E-state index in [2.05, 4.69) is 42.5 Å². The SMILES string of the molecule is CC1C2=C(C3=C1C(=C(C#N)C#N)c1cc(-c4cc(C#N)cc(CCN)c4)ccc13)c1ccc(-c3cc(C#N)cc(CC#N)c3)cc1C2=C(C#N)C#N. The lowest BCUT2D eigenvalue weighted by atomic mass is 9.83. The van der Waals surface area contributed by atoms with Crippen LogP contribution in [0.5, 0.6) is 0 Å². The van der Waals surface area contributed by atoms with Gasteiger partial charge in [0.1, 0.15) is 35.4 Å². The van der Waals surface area contributed by atoms with E-state index in [9.17, 15) is 36.8 Å². The van der Waals surface area contributed by atoms with Gasteiger partial charge in [-0.1, -0.05) is 43.3 Å². The molecule has 4 aromatic rings. The minimum absolute atomic E-state index is 0.0431. The fraction of sp³-hybridized carbons (Fsp3) is 0.114. The van der Waals surface area contributed by atoms with E-state index in [1.54, 1.807) is 12.1 Å². The lowest BCUT2D eigenvalue weighted by Gasteiger charge is -2.18. The number of fused-ring (bicyclic) bond motifs is 5. The first-order chi connectivity index (χ1) is 25.3. The van der Waals surface area contributed by atoms with Gasteiger partial charge in [-0.05, 0) is 127 Å². The molecule has 0 aliphatic heterocycles. The summed E-state index contributed by atoms with van der Waals surface area (Å²) in [6.07, 6.45) is 0.740.